The second-order valence-electron chi connectivity index (χ2n) is 3.22. The van der Waals surface area contributed by atoms with Crippen LogP contribution in [0.2, 0.25) is 0 Å². The Morgan fingerprint density at radius 1 is 1.47 bits per heavy atom. The third kappa shape index (κ3) is 4.20. The van der Waals surface area contributed by atoms with Crippen LogP contribution in [0.1, 0.15) is 6.92 Å². The molecule has 1 aromatic rings. The molecule has 0 atom stereocenters. The average Bonchev–Trinajstić information content (AvgIpc) is 2.21. The molecule has 0 aliphatic carbocycles. The van der Waals surface area contributed by atoms with Gasteiger partial charge in [-0.2, -0.15) is 0 Å². The first-order valence-electron chi connectivity index (χ1n) is 5.02. The van der Waals surface area contributed by atoms with Gasteiger partial charge in [-0.25, -0.2) is 12.8 Å². The molecule has 0 unspecified atom stereocenters. The van der Waals surface area contributed by atoms with Crippen LogP contribution >= 0.6 is 0 Å². The Kier molecular flexibility index (Phi) is 4.71. The molecule has 0 aliphatic heterocycles. The summed E-state index contributed by atoms with van der Waals surface area (Å²) in [5.74, 6) is -1.00. The maximum atomic E-state index is 13.4. The second kappa shape index (κ2) is 5.83. The van der Waals surface area contributed by atoms with Crippen molar-refractivity contribution in [3.63, 3.8) is 0 Å². The molecule has 1 rings (SSSR count). The lowest BCUT2D eigenvalue weighted by molar-refractivity contribution is 0.319. The minimum absolute atomic E-state index is 0.0672. The van der Waals surface area contributed by atoms with Crippen LogP contribution in [0.25, 0.3) is 0 Å². The van der Waals surface area contributed by atoms with E-state index in [-0.39, 0.29) is 11.4 Å². The molecular weight excluding hydrogens is 249 g/mol. The summed E-state index contributed by atoms with van der Waals surface area (Å²) in [7, 11) is -3.63. The quantitative estimate of drug-likeness (QED) is 0.801. The van der Waals surface area contributed by atoms with Gasteiger partial charge in [-0.3, -0.25) is 4.72 Å². The molecule has 0 radical (unpaired) electrons. The van der Waals surface area contributed by atoms with Crippen molar-refractivity contribution in [2.24, 2.45) is 0 Å². The second-order valence-corrected chi connectivity index (χ2v) is 5.06. The van der Waals surface area contributed by atoms with Crippen molar-refractivity contribution in [3.05, 3.63) is 24.0 Å². The molecule has 5 nitrogen and oxygen atoms in total. The van der Waals surface area contributed by atoms with Gasteiger partial charge in [-0.15, -0.1) is 0 Å². The van der Waals surface area contributed by atoms with Crippen molar-refractivity contribution in [1.29, 1.82) is 0 Å². The van der Waals surface area contributed by atoms with Gasteiger partial charge >= 0.3 is 0 Å². The number of halogens is 1. The summed E-state index contributed by atoms with van der Waals surface area (Å²) in [6.45, 7) is 1.55. The van der Waals surface area contributed by atoms with E-state index < -0.39 is 28.2 Å². The van der Waals surface area contributed by atoms with Gasteiger partial charge < -0.3 is 9.84 Å². The molecule has 0 heterocycles. The van der Waals surface area contributed by atoms with E-state index in [4.69, 9.17) is 9.84 Å². The number of aliphatic hydroxyl groups excluding tert-OH is 1. The molecule has 0 saturated heterocycles. The monoisotopic (exact) mass is 263 g/mol. The predicted molar refractivity (Wildman–Crippen MR) is 62.1 cm³/mol. The lowest BCUT2D eigenvalue weighted by atomic mass is 10.3. The van der Waals surface area contributed by atoms with E-state index in [0.717, 1.165) is 6.07 Å². The minimum Gasteiger partial charge on any atom is -0.491 e. The summed E-state index contributed by atoms with van der Waals surface area (Å²) in [6, 6.07) is 3.76. The third-order valence-corrected chi connectivity index (χ3v) is 3.13. The van der Waals surface area contributed by atoms with E-state index in [2.05, 4.69) is 4.72 Å². The maximum absolute atomic E-state index is 13.4. The number of rotatable bonds is 6. The smallest absolute Gasteiger partial charge is 0.234 e. The molecule has 0 aromatic heterocycles. The number of hydrogen-bond acceptors (Lipinski definition) is 4. The number of nitrogens with one attached hydrogen (secondary N) is 1. The van der Waals surface area contributed by atoms with Crippen LogP contribution in [-0.4, -0.2) is 32.5 Å². The summed E-state index contributed by atoms with van der Waals surface area (Å²) in [6.07, 6.45) is 0. The van der Waals surface area contributed by atoms with Crippen LogP contribution < -0.4 is 9.46 Å². The van der Waals surface area contributed by atoms with E-state index in [0.29, 0.717) is 6.61 Å². The summed E-state index contributed by atoms with van der Waals surface area (Å²) in [4.78, 5) is 0. The molecule has 2 N–H and O–H groups in total. The van der Waals surface area contributed by atoms with Crippen molar-refractivity contribution in [2.75, 3.05) is 23.7 Å². The van der Waals surface area contributed by atoms with Crippen LogP contribution in [0.3, 0.4) is 0 Å². The largest absolute Gasteiger partial charge is 0.491 e. The van der Waals surface area contributed by atoms with Gasteiger partial charge in [0.15, 0.2) is 11.6 Å². The fraction of sp³-hybridized carbons (Fsp3) is 0.400. The number of benzene rings is 1. The zero-order chi connectivity index (χ0) is 12.9. The Morgan fingerprint density at radius 3 is 2.71 bits per heavy atom. The topological polar surface area (TPSA) is 75.6 Å². The van der Waals surface area contributed by atoms with Crippen molar-refractivity contribution >= 4 is 15.7 Å². The van der Waals surface area contributed by atoms with Gasteiger partial charge in [0.2, 0.25) is 10.0 Å². The van der Waals surface area contributed by atoms with Gasteiger partial charge in [0, 0.05) is 6.07 Å². The fourth-order valence-electron chi connectivity index (χ4n) is 1.19. The van der Waals surface area contributed by atoms with E-state index in [9.17, 15) is 12.8 Å². The zero-order valence-electron chi connectivity index (χ0n) is 9.31. The van der Waals surface area contributed by atoms with Crippen LogP contribution in [0.5, 0.6) is 5.75 Å². The van der Waals surface area contributed by atoms with E-state index in [1.165, 1.54) is 12.1 Å². The van der Waals surface area contributed by atoms with Crippen LogP contribution in [0.4, 0.5) is 10.1 Å². The van der Waals surface area contributed by atoms with Crippen LogP contribution in [0.15, 0.2) is 18.2 Å². The van der Waals surface area contributed by atoms with Crippen molar-refractivity contribution in [3.8, 4) is 5.75 Å². The Morgan fingerprint density at radius 2 is 2.18 bits per heavy atom. The summed E-state index contributed by atoms with van der Waals surface area (Å²) < 4.78 is 43.1. The Bertz CT molecular complexity index is 475. The van der Waals surface area contributed by atoms with Crippen molar-refractivity contribution < 1.29 is 22.7 Å². The summed E-state index contributed by atoms with van der Waals surface area (Å²) >= 11 is 0. The highest BCUT2D eigenvalue weighted by atomic mass is 32.2. The van der Waals surface area contributed by atoms with E-state index >= 15 is 0 Å². The predicted octanol–water partition coefficient (Wildman–Crippen LogP) is 0.958. The Balaban J connectivity index is 2.84. The first kappa shape index (κ1) is 13.7. The van der Waals surface area contributed by atoms with Gasteiger partial charge in [-0.05, 0) is 19.1 Å². The molecule has 0 spiro atoms. The standard InChI is InChI=1S/C10H14FNO4S/c1-2-16-10-4-3-8(7-9(10)11)12-17(14,15)6-5-13/h3-4,7,12-13H,2,5-6H2,1H3. The Hall–Kier alpha value is -1.34. The fourth-order valence-corrected chi connectivity index (χ4v) is 2.02. The molecule has 0 fully saturated rings. The first-order chi connectivity index (χ1) is 7.98. The molecule has 96 valence electrons. The number of sulfonamides is 1. The lowest BCUT2D eigenvalue weighted by Crippen LogP contribution is -2.18. The van der Waals surface area contributed by atoms with Crippen LogP contribution in [0, 0.1) is 5.82 Å². The maximum Gasteiger partial charge on any atom is 0.234 e. The van der Waals surface area contributed by atoms with Gasteiger partial charge in [-0.1, -0.05) is 0 Å². The highest BCUT2D eigenvalue weighted by molar-refractivity contribution is 7.92. The van der Waals surface area contributed by atoms with E-state index in [1.807, 2.05) is 0 Å². The highest BCUT2D eigenvalue weighted by Gasteiger charge is 2.11. The van der Waals surface area contributed by atoms with Crippen molar-refractivity contribution in [1.82, 2.24) is 0 Å². The number of anilines is 1. The third-order valence-electron chi connectivity index (χ3n) is 1.87. The lowest BCUT2D eigenvalue weighted by Gasteiger charge is -2.09. The number of ether oxygens (including phenoxy) is 1. The minimum atomic E-state index is -3.63. The molecule has 1 aromatic carbocycles. The van der Waals surface area contributed by atoms with E-state index in [1.54, 1.807) is 6.92 Å². The zero-order valence-corrected chi connectivity index (χ0v) is 10.1. The number of hydrogen-bond donors (Lipinski definition) is 2. The molecule has 0 aliphatic rings. The SMILES string of the molecule is CCOc1ccc(NS(=O)(=O)CCO)cc1F. The average molecular weight is 263 g/mol. The molecule has 0 amide bonds. The molecular formula is C10H14FNO4S. The number of aliphatic hydroxyl groups is 1. The molecule has 7 heteroatoms. The van der Waals surface area contributed by atoms with Crippen LogP contribution in [-0.2, 0) is 10.0 Å². The van der Waals surface area contributed by atoms with Gasteiger partial charge in [0.1, 0.15) is 0 Å². The molecule has 17 heavy (non-hydrogen) atoms. The first-order valence-corrected chi connectivity index (χ1v) is 6.67. The molecule has 0 saturated carbocycles. The summed E-state index contributed by atoms with van der Waals surface area (Å²) in [5, 5.41) is 8.54. The highest BCUT2D eigenvalue weighted by Crippen LogP contribution is 2.21. The normalized spacial score (nSPS) is 11.2. The van der Waals surface area contributed by atoms with Gasteiger partial charge in [0.05, 0.1) is 24.7 Å². The van der Waals surface area contributed by atoms with Crippen molar-refractivity contribution in [2.45, 2.75) is 6.92 Å². The Labute approximate surface area is 99.3 Å². The molecule has 0 bridgehead atoms. The summed E-state index contributed by atoms with van der Waals surface area (Å²) in [5.41, 5.74) is 0.0967. The van der Waals surface area contributed by atoms with Gasteiger partial charge in [0.25, 0.3) is 0 Å².